The first-order valence-electron chi connectivity index (χ1n) is 10.7. The molecule has 0 aliphatic carbocycles. The number of non-ortho nitro benzene ring substituents is 1. The summed E-state index contributed by atoms with van der Waals surface area (Å²) in [6.45, 7) is -0.123. The van der Waals surface area contributed by atoms with Crippen LogP contribution < -0.4 is 5.43 Å². The van der Waals surface area contributed by atoms with Crippen LogP contribution in [0.2, 0.25) is 10.0 Å². The Bertz CT molecular complexity index is 1510. The summed E-state index contributed by atoms with van der Waals surface area (Å²) < 4.78 is 1.76. The molecule has 4 aromatic rings. The van der Waals surface area contributed by atoms with Gasteiger partial charge < -0.3 is 4.57 Å². The van der Waals surface area contributed by atoms with Crippen molar-refractivity contribution in [2.45, 2.75) is 11.9 Å². The van der Waals surface area contributed by atoms with Crippen LogP contribution in [0.15, 0.2) is 66.7 Å². The monoisotopic (exact) mass is 541 g/mol. The van der Waals surface area contributed by atoms with Gasteiger partial charge in [0.15, 0.2) is 0 Å². The van der Waals surface area contributed by atoms with E-state index in [1.165, 1.54) is 35.0 Å². The van der Waals surface area contributed by atoms with E-state index in [-0.39, 0.29) is 28.9 Å². The molecular formula is C24H17Cl2N5O4S. The quantitative estimate of drug-likeness (QED) is 0.264. The number of halogens is 2. The minimum absolute atomic E-state index is 0.0913. The van der Waals surface area contributed by atoms with Crippen molar-refractivity contribution in [3.8, 4) is 11.4 Å². The maximum absolute atomic E-state index is 13.2. The molecule has 1 aliphatic rings. The Morgan fingerprint density at radius 3 is 2.64 bits per heavy atom. The maximum Gasteiger partial charge on any atom is 0.269 e. The number of benzene rings is 3. The molecule has 5 rings (SSSR count). The molecule has 36 heavy (non-hydrogen) atoms. The minimum atomic E-state index is -0.705. The second-order valence-electron chi connectivity index (χ2n) is 7.94. The third kappa shape index (κ3) is 4.62. The number of nitrogens with zero attached hydrogens (tertiary/aromatic N) is 4. The molecular weight excluding hydrogens is 525 g/mol. The number of para-hydroxylation sites is 2. The number of hydrogen-bond donors (Lipinski definition) is 1. The first-order valence-corrected chi connectivity index (χ1v) is 12.5. The number of carbonyl (C=O) groups excluding carboxylic acids is 2. The number of aromatic nitrogens is 2. The molecule has 182 valence electrons. The van der Waals surface area contributed by atoms with Crippen molar-refractivity contribution >= 4 is 63.5 Å². The van der Waals surface area contributed by atoms with Crippen molar-refractivity contribution in [3.05, 3.63) is 92.5 Å². The molecule has 1 saturated heterocycles. The number of thioether (sulfide) groups is 1. The zero-order valence-corrected chi connectivity index (χ0v) is 20.8. The summed E-state index contributed by atoms with van der Waals surface area (Å²) in [6.07, 6.45) is 0. The molecule has 0 radical (unpaired) electrons. The van der Waals surface area contributed by atoms with Crippen LogP contribution in [-0.2, 0) is 16.1 Å². The predicted octanol–water partition coefficient (Wildman–Crippen LogP) is 5.22. The van der Waals surface area contributed by atoms with Crippen LogP contribution in [0.1, 0.15) is 10.9 Å². The van der Waals surface area contributed by atoms with Crippen LogP contribution in [0.5, 0.6) is 0 Å². The summed E-state index contributed by atoms with van der Waals surface area (Å²) in [5.74, 6) is -0.137. The van der Waals surface area contributed by atoms with Crippen molar-refractivity contribution in [1.82, 2.24) is 20.0 Å². The van der Waals surface area contributed by atoms with Crippen molar-refractivity contribution in [2.24, 2.45) is 0 Å². The molecule has 2 heterocycles. The lowest BCUT2D eigenvalue weighted by Crippen LogP contribution is -2.45. The van der Waals surface area contributed by atoms with Gasteiger partial charge in [-0.2, -0.15) is 0 Å². The molecule has 0 spiro atoms. The zero-order valence-electron chi connectivity index (χ0n) is 18.4. The first kappa shape index (κ1) is 24.1. The summed E-state index contributed by atoms with van der Waals surface area (Å²) >= 11 is 13.6. The summed E-state index contributed by atoms with van der Waals surface area (Å²) in [5.41, 5.74) is 5.12. The first-order chi connectivity index (χ1) is 17.3. The van der Waals surface area contributed by atoms with Gasteiger partial charge in [0.25, 0.3) is 17.5 Å². The van der Waals surface area contributed by atoms with E-state index in [1.807, 2.05) is 36.4 Å². The van der Waals surface area contributed by atoms with Crippen molar-refractivity contribution < 1.29 is 14.5 Å². The van der Waals surface area contributed by atoms with Crippen LogP contribution in [0.25, 0.3) is 22.4 Å². The molecule has 1 N–H and O–H groups in total. The number of hydrazine groups is 1. The van der Waals surface area contributed by atoms with Crippen LogP contribution in [0.4, 0.5) is 5.69 Å². The second-order valence-corrected chi connectivity index (χ2v) is 9.85. The number of fused-ring (bicyclic) bond motifs is 1. The lowest BCUT2D eigenvalue weighted by atomic mass is 10.2. The van der Waals surface area contributed by atoms with Crippen LogP contribution >= 0.6 is 35.0 Å². The number of rotatable bonds is 6. The molecule has 9 nitrogen and oxygen atoms in total. The Balaban J connectivity index is 1.44. The molecule has 1 aromatic heterocycles. The standard InChI is InChI=1S/C24H17Cl2N5O4S/c25-15-7-5-14(6-8-15)23-27-19-3-1-2-4-20(19)29(23)12-21(32)28-30-22(33)13-36-24(30)17-11-16(31(34)35)9-10-18(17)26/h1-11,24H,12-13H2,(H,28,32). The van der Waals surface area contributed by atoms with Gasteiger partial charge in [0, 0.05) is 33.3 Å². The number of carbonyl (C=O) groups is 2. The Morgan fingerprint density at radius 1 is 1.14 bits per heavy atom. The zero-order chi connectivity index (χ0) is 25.4. The Morgan fingerprint density at radius 2 is 1.89 bits per heavy atom. The third-order valence-corrected chi connectivity index (χ3v) is 7.42. The molecule has 1 unspecified atom stereocenters. The van der Waals surface area contributed by atoms with Gasteiger partial charge in [0.1, 0.15) is 17.7 Å². The highest BCUT2D eigenvalue weighted by Gasteiger charge is 2.36. The summed E-state index contributed by atoms with van der Waals surface area (Å²) in [5, 5.41) is 12.6. The Labute approximate surface area is 219 Å². The fraction of sp³-hybridized carbons (Fsp3) is 0.125. The van der Waals surface area contributed by atoms with Gasteiger partial charge in [0.05, 0.1) is 21.7 Å². The predicted molar refractivity (Wildman–Crippen MR) is 138 cm³/mol. The smallest absolute Gasteiger partial charge is 0.269 e. The van der Waals surface area contributed by atoms with Gasteiger partial charge in [-0.1, -0.05) is 35.3 Å². The van der Waals surface area contributed by atoms with Crippen molar-refractivity contribution in [3.63, 3.8) is 0 Å². The summed E-state index contributed by atoms with van der Waals surface area (Å²) in [4.78, 5) is 41.2. The van der Waals surface area contributed by atoms with E-state index in [4.69, 9.17) is 23.2 Å². The fourth-order valence-corrected chi connectivity index (χ4v) is 5.52. The number of amides is 2. The molecule has 12 heteroatoms. The molecule has 0 bridgehead atoms. The average molecular weight is 542 g/mol. The molecule has 0 saturated carbocycles. The van der Waals surface area contributed by atoms with Crippen LogP contribution in [-0.4, -0.2) is 37.1 Å². The van der Waals surface area contributed by atoms with Gasteiger partial charge in [-0.25, -0.2) is 9.99 Å². The molecule has 1 atom stereocenters. The highest BCUT2D eigenvalue weighted by atomic mass is 35.5. The molecule has 1 aliphatic heterocycles. The fourth-order valence-electron chi connectivity index (χ4n) is 3.98. The minimum Gasteiger partial charge on any atom is -0.314 e. The molecule has 2 amide bonds. The number of nitrogens with one attached hydrogen (secondary N) is 1. The van der Waals surface area contributed by atoms with Gasteiger partial charge in [-0.15, -0.1) is 11.8 Å². The van der Waals surface area contributed by atoms with Gasteiger partial charge >= 0.3 is 0 Å². The van der Waals surface area contributed by atoms with Gasteiger partial charge in [-0.05, 0) is 42.5 Å². The van der Waals surface area contributed by atoms with Crippen molar-refractivity contribution in [1.29, 1.82) is 0 Å². The summed E-state index contributed by atoms with van der Waals surface area (Å²) in [6, 6.07) is 18.6. The largest absolute Gasteiger partial charge is 0.314 e. The average Bonchev–Trinajstić information content (AvgIpc) is 3.40. The number of nitro groups is 1. The Kier molecular flexibility index (Phi) is 6.57. The number of hydrogen-bond acceptors (Lipinski definition) is 6. The topological polar surface area (TPSA) is 110 Å². The van der Waals surface area contributed by atoms with E-state index < -0.39 is 16.2 Å². The van der Waals surface area contributed by atoms with E-state index in [0.717, 1.165) is 11.1 Å². The normalized spacial score (nSPS) is 15.4. The number of nitro benzene ring substituents is 1. The van der Waals surface area contributed by atoms with E-state index in [9.17, 15) is 19.7 Å². The van der Waals surface area contributed by atoms with Gasteiger partial charge in [0.2, 0.25) is 0 Å². The lowest BCUT2D eigenvalue weighted by molar-refractivity contribution is -0.384. The SMILES string of the molecule is O=C(Cn1c(-c2ccc(Cl)cc2)nc2ccccc21)NN1C(=O)CSC1c1cc([N+](=O)[O-])ccc1Cl. The van der Waals surface area contributed by atoms with Gasteiger partial charge in [-0.3, -0.25) is 25.1 Å². The van der Waals surface area contributed by atoms with Crippen LogP contribution in [0, 0.1) is 10.1 Å². The third-order valence-electron chi connectivity index (χ3n) is 5.63. The molecule has 1 fully saturated rings. The van der Waals surface area contributed by atoms with E-state index in [0.29, 0.717) is 21.9 Å². The second kappa shape index (κ2) is 9.81. The molecule has 3 aromatic carbocycles. The summed E-state index contributed by atoms with van der Waals surface area (Å²) in [7, 11) is 0. The highest BCUT2D eigenvalue weighted by Crippen LogP contribution is 2.41. The van der Waals surface area contributed by atoms with Crippen molar-refractivity contribution in [2.75, 3.05) is 5.75 Å². The van der Waals surface area contributed by atoms with Crippen LogP contribution in [0.3, 0.4) is 0 Å². The maximum atomic E-state index is 13.2. The Hall–Kier alpha value is -3.60. The van der Waals surface area contributed by atoms with E-state index >= 15 is 0 Å². The van der Waals surface area contributed by atoms with E-state index in [2.05, 4.69) is 10.4 Å². The number of imidazole rings is 1. The highest BCUT2D eigenvalue weighted by molar-refractivity contribution is 8.00. The lowest BCUT2D eigenvalue weighted by Gasteiger charge is -2.25. The van der Waals surface area contributed by atoms with E-state index in [1.54, 1.807) is 16.7 Å².